The van der Waals surface area contributed by atoms with E-state index in [1.807, 2.05) is 48.5 Å². The predicted octanol–water partition coefficient (Wildman–Crippen LogP) is 6.64. The molecule has 0 saturated carbocycles. The molecule has 2 amide bonds. The number of carbonyl (C=O) groups is 1. The van der Waals surface area contributed by atoms with Crippen LogP contribution in [0.25, 0.3) is 17.1 Å². The highest BCUT2D eigenvalue weighted by atomic mass is 32.2. The summed E-state index contributed by atoms with van der Waals surface area (Å²) in [7, 11) is 0. The van der Waals surface area contributed by atoms with Crippen molar-refractivity contribution in [3.05, 3.63) is 89.7 Å². The van der Waals surface area contributed by atoms with E-state index in [1.54, 1.807) is 22.8 Å². The lowest BCUT2D eigenvalue weighted by atomic mass is 10.1. The van der Waals surface area contributed by atoms with Crippen molar-refractivity contribution >= 4 is 34.3 Å². The fourth-order valence-electron chi connectivity index (χ4n) is 4.41. The van der Waals surface area contributed by atoms with E-state index in [2.05, 4.69) is 71.2 Å². The first-order chi connectivity index (χ1) is 17.9. The van der Waals surface area contributed by atoms with Crippen molar-refractivity contribution in [3.8, 4) is 17.1 Å². The number of aromatic nitrogens is 3. The smallest absolute Gasteiger partial charge is 0.320 e. The van der Waals surface area contributed by atoms with E-state index >= 15 is 0 Å². The van der Waals surface area contributed by atoms with Gasteiger partial charge in [0.25, 0.3) is 0 Å². The number of urea groups is 1. The summed E-state index contributed by atoms with van der Waals surface area (Å²) in [4.78, 5) is 24.0. The fourth-order valence-corrected chi connectivity index (χ4v) is 5.41. The van der Waals surface area contributed by atoms with Crippen LogP contribution in [-0.4, -0.2) is 38.3 Å². The number of rotatable bonds is 4. The zero-order chi connectivity index (χ0) is 25.9. The Morgan fingerprint density at radius 2 is 1.70 bits per heavy atom. The number of amides is 2. The number of amidine groups is 1. The van der Waals surface area contributed by atoms with Crippen molar-refractivity contribution in [2.45, 2.75) is 27.7 Å². The molecule has 0 aliphatic carbocycles. The molecule has 8 heteroatoms. The number of nitrogens with zero attached hydrogens (tertiary/aromatic N) is 5. The van der Waals surface area contributed by atoms with E-state index in [4.69, 9.17) is 0 Å². The molecular formula is C29H30N6OS. The number of benzene rings is 3. The minimum Gasteiger partial charge on any atom is -0.320 e. The van der Waals surface area contributed by atoms with Gasteiger partial charge in [0.05, 0.1) is 5.69 Å². The first kappa shape index (κ1) is 24.8. The first-order valence-electron chi connectivity index (χ1n) is 12.3. The van der Waals surface area contributed by atoms with Gasteiger partial charge in [0.15, 0.2) is 11.0 Å². The number of aliphatic imine (C=N–C) groups is 1. The van der Waals surface area contributed by atoms with Crippen LogP contribution in [0.2, 0.25) is 0 Å². The van der Waals surface area contributed by atoms with Crippen molar-refractivity contribution in [3.63, 3.8) is 0 Å². The summed E-state index contributed by atoms with van der Waals surface area (Å²) in [6.07, 6.45) is 1.70. The molecule has 0 radical (unpaired) electrons. The second-order valence-corrected chi connectivity index (χ2v) is 10.5. The number of carbonyl (C=O) groups excluding carboxylic acids is 1. The highest BCUT2D eigenvalue weighted by molar-refractivity contribution is 8.14. The van der Waals surface area contributed by atoms with Gasteiger partial charge >= 0.3 is 6.03 Å². The number of thioether (sulfide) groups is 1. The quantitative estimate of drug-likeness (QED) is 0.333. The van der Waals surface area contributed by atoms with Crippen LogP contribution < -0.4 is 10.2 Å². The lowest BCUT2D eigenvalue weighted by Gasteiger charge is -2.35. The maximum absolute atomic E-state index is 12.9. The van der Waals surface area contributed by atoms with Crippen LogP contribution in [0.1, 0.15) is 23.6 Å². The van der Waals surface area contributed by atoms with Crippen molar-refractivity contribution in [1.29, 1.82) is 0 Å². The molecule has 1 aliphatic rings. The molecule has 0 spiro atoms. The van der Waals surface area contributed by atoms with Gasteiger partial charge < -0.3 is 10.2 Å². The highest BCUT2D eigenvalue weighted by Crippen LogP contribution is 2.32. The highest BCUT2D eigenvalue weighted by Gasteiger charge is 2.26. The molecule has 1 fully saturated rings. The lowest BCUT2D eigenvalue weighted by Crippen LogP contribution is -2.40. The Labute approximate surface area is 221 Å². The van der Waals surface area contributed by atoms with Crippen molar-refractivity contribution in [2.24, 2.45) is 10.9 Å². The van der Waals surface area contributed by atoms with E-state index in [1.165, 1.54) is 16.7 Å². The zero-order valence-electron chi connectivity index (χ0n) is 21.5. The lowest BCUT2D eigenvalue weighted by molar-refractivity contribution is 0.259. The molecule has 1 unspecified atom stereocenters. The molecule has 5 rings (SSSR count). The SMILES string of the molecule is Cc1ccc(-n2cnc(-c3ccc(NC(=O)/N=C4\SCC(C)CN4c4c(C)cccc4C)cc3)n2)cc1. The average molecular weight is 511 g/mol. The minimum atomic E-state index is -0.386. The van der Waals surface area contributed by atoms with Crippen molar-refractivity contribution in [1.82, 2.24) is 14.8 Å². The summed E-state index contributed by atoms with van der Waals surface area (Å²) in [5.74, 6) is 2.06. The topological polar surface area (TPSA) is 75.4 Å². The number of aryl methyl sites for hydroxylation is 3. The molecule has 188 valence electrons. The van der Waals surface area contributed by atoms with E-state index in [0.717, 1.165) is 34.4 Å². The number of anilines is 2. The summed E-state index contributed by atoms with van der Waals surface area (Å²) >= 11 is 1.63. The zero-order valence-corrected chi connectivity index (χ0v) is 22.3. The molecule has 3 aromatic carbocycles. The van der Waals surface area contributed by atoms with Crippen LogP contribution in [0.5, 0.6) is 0 Å². The van der Waals surface area contributed by atoms with Gasteiger partial charge in [-0.05, 0) is 74.2 Å². The predicted molar refractivity (Wildman–Crippen MR) is 153 cm³/mol. The molecule has 1 saturated heterocycles. The molecule has 7 nitrogen and oxygen atoms in total. The standard InChI is InChI=1S/C29H30N6OS/c1-19-8-14-25(15-9-19)35-18-30-27(33-35)23-10-12-24(13-11-23)31-28(36)32-29-34(16-20(2)17-37-29)26-21(3)6-5-7-22(26)4/h5-15,18,20H,16-17H2,1-4H3,(H,31,36)/b32-29-. The summed E-state index contributed by atoms with van der Waals surface area (Å²) in [5, 5.41) is 8.23. The third-order valence-corrected chi connectivity index (χ3v) is 7.62. The van der Waals surface area contributed by atoms with Gasteiger partial charge in [-0.1, -0.05) is 54.6 Å². The van der Waals surface area contributed by atoms with Crippen LogP contribution in [0.15, 0.2) is 78.0 Å². The van der Waals surface area contributed by atoms with Crippen LogP contribution in [0, 0.1) is 26.7 Å². The number of para-hydroxylation sites is 1. The molecule has 4 aromatic rings. The third kappa shape index (κ3) is 5.59. The number of hydrogen-bond acceptors (Lipinski definition) is 4. The Hall–Kier alpha value is -3.91. The molecule has 37 heavy (non-hydrogen) atoms. The van der Waals surface area contributed by atoms with Crippen molar-refractivity contribution in [2.75, 3.05) is 22.5 Å². The van der Waals surface area contributed by atoms with Crippen molar-refractivity contribution < 1.29 is 4.79 Å². The maximum Gasteiger partial charge on any atom is 0.347 e. The summed E-state index contributed by atoms with van der Waals surface area (Å²) < 4.78 is 1.76. The van der Waals surface area contributed by atoms with Crippen LogP contribution in [0.3, 0.4) is 0 Å². The van der Waals surface area contributed by atoms with Crippen LogP contribution >= 0.6 is 11.8 Å². The number of nitrogens with one attached hydrogen (secondary N) is 1. The summed E-state index contributed by atoms with van der Waals surface area (Å²) in [5.41, 5.74) is 7.18. The number of hydrogen-bond donors (Lipinski definition) is 1. The summed E-state index contributed by atoms with van der Waals surface area (Å²) in [6, 6.07) is 21.5. The monoisotopic (exact) mass is 510 g/mol. The van der Waals surface area contributed by atoms with Gasteiger partial charge in [-0.3, -0.25) is 0 Å². The Morgan fingerprint density at radius 1 is 1.00 bits per heavy atom. The Bertz CT molecular complexity index is 1420. The first-order valence-corrected chi connectivity index (χ1v) is 13.3. The molecule has 1 aliphatic heterocycles. The Morgan fingerprint density at radius 3 is 2.41 bits per heavy atom. The average Bonchev–Trinajstić information content (AvgIpc) is 3.37. The molecule has 2 heterocycles. The van der Waals surface area contributed by atoms with E-state index in [-0.39, 0.29) is 6.03 Å². The third-order valence-electron chi connectivity index (χ3n) is 6.31. The Balaban J connectivity index is 1.30. The Kier molecular flexibility index (Phi) is 7.10. The minimum absolute atomic E-state index is 0.386. The van der Waals surface area contributed by atoms with Gasteiger partial charge in [0.2, 0.25) is 0 Å². The second kappa shape index (κ2) is 10.6. The van der Waals surface area contributed by atoms with Gasteiger partial charge in [0.1, 0.15) is 6.33 Å². The maximum atomic E-state index is 12.9. The van der Waals surface area contributed by atoms with Crippen LogP contribution in [-0.2, 0) is 0 Å². The molecule has 1 N–H and O–H groups in total. The van der Waals surface area contributed by atoms with Gasteiger partial charge in [0, 0.05) is 29.2 Å². The van der Waals surface area contributed by atoms with Gasteiger partial charge in [-0.15, -0.1) is 5.10 Å². The molecule has 1 atom stereocenters. The second-order valence-electron chi connectivity index (χ2n) is 9.52. The molecular weight excluding hydrogens is 480 g/mol. The summed E-state index contributed by atoms with van der Waals surface area (Å²) in [6.45, 7) is 9.32. The van der Waals surface area contributed by atoms with E-state index in [0.29, 0.717) is 17.4 Å². The molecule has 0 bridgehead atoms. The normalized spacial score (nSPS) is 16.7. The van der Waals surface area contributed by atoms with E-state index in [9.17, 15) is 4.79 Å². The van der Waals surface area contributed by atoms with Crippen LogP contribution in [0.4, 0.5) is 16.2 Å². The van der Waals surface area contributed by atoms with Gasteiger partial charge in [-0.2, -0.15) is 4.99 Å². The largest absolute Gasteiger partial charge is 0.347 e. The van der Waals surface area contributed by atoms with E-state index < -0.39 is 0 Å². The molecule has 1 aromatic heterocycles. The van der Waals surface area contributed by atoms with Gasteiger partial charge in [-0.25, -0.2) is 14.5 Å². The fraction of sp³-hybridized carbons (Fsp3) is 0.241.